The van der Waals surface area contributed by atoms with Crippen molar-refractivity contribution in [2.24, 2.45) is 5.92 Å². The molecule has 3 nitrogen and oxygen atoms in total. The summed E-state index contributed by atoms with van der Waals surface area (Å²) >= 11 is 0. The SMILES string of the molecule is CCCCCN(c1ccnc(CNCC(C)C)c1)C(C)C. The number of unbranched alkanes of at least 4 members (excludes halogenated alkanes) is 2. The van der Waals surface area contributed by atoms with E-state index in [1.807, 2.05) is 6.20 Å². The Hall–Kier alpha value is -1.09. The third kappa shape index (κ3) is 6.94. The molecule has 0 aliphatic carbocycles. The van der Waals surface area contributed by atoms with Crippen molar-refractivity contribution in [2.45, 2.75) is 66.5 Å². The van der Waals surface area contributed by atoms with Gasteiger partial charge in [0.25, 0.3) is 0 Å². The molecular weight excluding hydrogens is 258 g/mol. The largest absolute Gasteiger partial charge is 0.369 e. The molecule has 0 aliphatic rings. The minimum Gasteiger partial charge on any atom is -0.369 e. The van der Waals surface area contributed by atoms with Gasteiger partial charge in [0.2, 0.25) is 0 Å². The standard InChI is InChI=1S/C18H33N3/c1-6-7-8-11-21(16(4)5)18-9-10-20-17(12-18)14-19-13-15(2)3/h9-10,12,15-16,19H,6-8,11,13-14H2,1-5H3. The zero-order valence-electron chi connectivity index (χ0n) is 14.5. The maximum absolute atomic E-state index is 4.49. The van der Waals surface area contributed by atoms with Crippen LogP contribution in [0.5, 0.6) is 0 Å². The van der Waals surface area contributed by atoms with Gasteiger partial charge < -0.3 is 10.2 Å². The monoisotopic (exact) mass is 291 g/mol. The molecule has 1 heterocycles. The van der Waals surface area contributed by atoms with Gasteiger partial charge in [-0.15, -0.1) is 0 Å². The predicted molar refractivity (Wildman–Crippen MR) is 92.8 cm³/mol. The lowest BCUT2D eigenvalue weighted by molar-refractivity contribution is 0.548. The van der Waals surface area contributed by atoms with E-state index >= 15 is 0 Å². The Morgan fingerprint density at radius 3 is 2.57 bits per heavy atom. The average Bonchev–Trinajstić information content (AvgIpc) is 2.43. The van der Waals surface area contributed by atoms with Crippen LogP contribution in [0, 0.1) is 5.92 Å². The summed E-state index contributed by atoms with van der Waals surface area (Å²) in [6, 6.07) is 4.90. The average molecular weight is 291 g/mol. The first kappa shape index (κ1) is 18.0. The smallest absolute Gasteiger partial charge is 0.0562 e. The first-order valence-corrected chi connectivity index (χ1v) is 8.46. The highest BCUT2D eigenvalue weighted by atomic mass is 15.1. The minimum atomic E-state index is 0.528. The lowest BCUT2D eigenvalue weighted by Crippen LogP contribution is -2.32. The molecule has 0 bridgehead atoms. The molecule has 0 saturated heterocycles. The molecule has 120 valence electrons. The molecule has 0 aromatic carbocycles. The Balaban J connectivity index is 2.65. The summed E-state index contributed by atoms with van der Waals surface area (Å²) in [4.78, 5) is 6.97. The maximum Gasteiger partial charge on any atom is 0.0562 e. The van der Waals surface area contributed by atoms with Crippen LogP contribution in [0.25, 0.3) is 0 Å². The van der Waals surface area contributed by atoms with Gasteiger partial charge in [0.15, 0.2) is 0 Å². The van der Waals surface area contributed by atoms with Crippen LogP contribution in [0.2, 0.25) is 0 Å². The molecule has 0 atom stereocenters. The van der Waals surface area contributed by atoms with E-state index in [2.05, 4.69) is 62.0 Å². The number of hydrogen-bond donors (Lipinski definition) is 1. The van der Waals surface area contributed by atoms with Crippen LogP contribution in [0.4, 0.5) is 5.69 Å². The summed E-state index contributed by atoms with van der Waals surface area (Å²) in [6.45, 7) is 14.3. The van der Waals surface area contributed by atoms with Crippen LogP contribution in [0.15, 0.2) is 18.3 Å². The van der Waals surface area contributed by atoms with E-state index < -0.39 is 0 Å². The van der Waals surface area contributed by atoms with Crippen molar-refractivity contribution in [1.82, 2.24) is 10.3 Å². The van der Waals surface area contributed by atoms with Crippen molar-refractivity contribution in [3.63, 3.8) is 0 Å². The maximum atomic E-state index is 4.49. The first-order chi connectivity index (χ1) is 10.0. The molecule has 0 unspecified atom stereocenters. The van der Waals surface area contributed by atoms with Gasteiger partial charge in [-0.1, -0.05) is 33.6 Å². The van der Waals surface area contributed by atoms with Gasteiger partial charge in [0, 0.05) is 31.0 Å². The summed E-state index contributed by atoms with van der Waals surface area (Å²) in [5.74, 6) is 0.675. The number of aromatic nitrogens is 1. The lowest BCUT2D eigenvalue weighted by Gasteiger charge is -2.29. The highest BCUT2D eigenvalue weighted by Gasteiger charge is 2.11. The highest BCUT2D eigenvalue weighted by molar-refractivity contribution is 5.47. The van der Waals surface area contributed by atoms with Crippen molar-refractivity contribution in [3.8, 4) is 0 Å². The van der Waals surface area contributed by atoms with Gasteiger partial charge in [-0.25, -0.2) is 0 Å². The van der Waals surface area contributed by atoms with Crippen LogP contribution in [0.3, 0.4) is 0 Å². The zero-order valence-corrected chi connectivity index (χ0v) is 14.5. The number of pyridine rings is 1. The van der Waals surface area contributed by atoms with Crippen molar-refractivity contribution in [1.29, 1.82) is 0 Å². The van der Waals surface area contributed by atoms with Gasteiger partial charge in [-0.2, -0.15) is 0 Å². The summed E-state index contributed by atoms with van der Waals surface area (Å²) in [7, 11) is 0. The summed E-state index contributed by atoms with van der Waals surface area (Å²) in [6.07, 6.45) is 5.78. The molecular formula is C18H33N3. The third-order valence-corrected chi connectivity index (χ3v) is 3.62. The minimum absolute atomic E-state index is 0.528. The number of anilines is 1. The van der Waals surface area contributed by atoms with Crippen LogP contribution < -0.4 is 10.2 Å². The third-order valence-electron chi connectivity index (χ3n) is 3.62. The second-order valence-electron chi connectivity index (χ2n) is 6.52. The van der Waals surface area contributed by atoms with Crippen molar-refractivity contribution < 1.29 is 0 Å². The van der Waals surface area contributed by atoms with E-state index in [4.69, 9.17) is 0 Å². The van der Waals surface area contributed by atoms with Crippen LogP contribution in [-0.4, -0.2) is 24.1 Å². The molecule has 1 rings (SSSR count). The second-order valence-corrected chi connectivity index (χ2v) is 6.52. The van der Waals surface area contributed by atoms with Crippen LogP contribution in [0.1, 0.15) is 59.6 Å². The van der Waals surface area contributed by atoms with E-state index in [9.17, 15) is 0 Å². The summed E-state index contributed by atoms with van der Waals surface area (Å²) < 4.78 is 0. The van der Waals surface area contributed by atoms with Crippen LogP contribution >= 0.6 is 0 Å². The number of nitrogens with zero attached hydrogens (tertiary/aromatic N) is 2. The highest BCUT2D eigenvalue weighted by Crippen LogP contribution is 2.18. The fourth-order valence-electron chi connectivity index (χ4n) is 2.45. The Morgan fingerprint density at radius 1 is 1.19 bits per heavy atom. The van der Waals surface area contributed by atoms with Crippen molar-refractivity contribution >= 4 is 5.69 Å². The first-order valence-electron chi connectivity index (χ1n) is 8.46. The van der Waals surface area contributed by atoms with Gasteiger partial charge in [-0.05, 0) is 44.9 Å². The van der Waals surface area contributed by atoms with Gasteiger partial charge in [0.05, 0.1) is 5.69 Å². The molecule has 1 aromatic heterocycles. The molecule has 0 radical (unpaired) electrons. The van der Waals surface area contributed by atoms with E-state index in [0.29, 0.717) is 12.0 Å². The normalized spacial score (nSPS) is 11.4. The zero-order chi connectivity index (χ0) is 15.7. The molecule has 1 N–H and O–H groups in total. The van der Waals surface area contributed by atoms with Crippen molar-refractivity contribution in [3.05, 3.63) is 24.0 Å². The number of hydrogen-bond acceptors (Lipinski definition) is 3. The molecule has 0 saturated carbocycles. The molecule has 0 amide bonds. The summed E-state index contributed by atoms with van der Waals surface area (Å²) in [5.41, 5.74) is 2.44. The Bertz CT molecular complexity index is 388. The molecule has 0 spiro atoms. The number of rotatable bonds is 10. The van der Waals surface area contributed by atoms with E-state index in [1.54, 1.807) is 0 Å². The lowest BCUT2D eigenvalue weighted by atomic mass is 10.2. The van der Waals surface area contributed by atoms with Crippen molar-refractivity contribution in [2.75, 3.05) is 18.0 Å². The quantitative estimate of drug-likeness (QED) is 0.654. The molecule has 1 aromatic rings. The Morgan fingerprint density at radius 2 is 1.95 bits per heavy atom. The number of nitrogens with one attached hydrogen (secondary N) is 1. The fourth-order valence-corrected chi connectivity index (χ4v) is 2.45. The topological polar surface area (TPSA) is 28.2 Å². The predicted octanol–water partition coefficient (Wildman–Crippen LogP) is 4.23. The van der Waals surface area contributed by atoms with E-state index in [-0.39, 0.29) is 0 Å². The van der Waals surface area contributed by atoms with Gasteiger partial charge in [0.1, 0.15) is 0 Å². The second kappa shape index (κ2) is 9.78. The summed E-state index contributed by atoms with van der Waals surface area (Å²) in [5, 5.41) is 3.47. The molecule has 0 aliphatic heterocycles. The van der Waals surface area contributed by atoms with E-state index in [0.717, 1.165) is 25.3 Å². The fraction of sp³-hybridized carbons (Fsp3) is 0.722. The Kier molecular flexibility index (Phi) is 8.36. The van der Waals surface area contributed by atoms with E-state index in [1.165, 1.54) is 24.9 Å². The van der Waals surface area contributed by atoms with Gasteiger partial charge in [-0.3, -0.25) is 4.98 Å². The Labute approximate surface area is 131 Å². The molecule has 21 heavy (non-hydrogen) atoms. The molecule has 0 fully saturated rings. The molecule has 3 heteroatoms. The van der Waals surface area contributed by atoms with Gasteiger partial charge >= 0.3 is 0 Å². The van der Waals surface area contributed by atoms with Crippen LogP contribution in [-0.2, 0) is 6.54 Å².